The third kappa shape index (κ3) is 2.31. The van der Waals surface area contributed by atoms with E-state index in [2.05, 4.69) is 0 Å². The van der Waals surface area contributed by atoms with E-state index in [-0.39, 0.29) is 17.9 Å². The van der Waals surface area contributed by atoms with Crippen LogP contribution in [0.2, 0.25) is 5.02 Å². The summed E-state index contributed by atoms with van der Waals surface area (Å²) in [4.78, 5) is 10.9. The number of nitrogens with two attached hydrogens (primary N) is 1. The third-order valence-corrected chi connectivity index (χ3v) is 3.67. The second-order valence-corrected chi connectivity index (χ2v) is 5.15. The van der Waals surface area contributed by atoms with E-state index in [9.17, 15) is 4.79 Å². The van der Waals surface area contributed by atoms with Crippen molar-refractivity contribution in [3.8, 4) is 5.75 Å². The van der Waals surface area contributed by atoms with Gasteiger partial charge in [0.1, 0.15) is 5.75 Å². The SMILES string of the molecule is COc1c(C)cc(Cl)cc1C(N)C1CC1C(=O)O. The van der Waals surface area contributed by atoms with E-state index < -0.39 is 5.97 Å². The highest BCUT2D eigenvalue weighted by Crippen LogP contribution is 2.48. The van der Waals surface area contributed by atoms with Crippen LogP contribution in [0.5, 0.6) is 5.75 Å². The monoisotopic (exact) mass is 269 g/mol. The average Bonchev–Trinajstić information content (AvgIpc) is 3.07. The topological polar surface area (TPSA) is 72.5 Å². The van der Waals surface area contributed by atoms with Crippen molar-refractivity contribution in [2.75, 3.05) is 7.11 Å². The molecule has 2 rings (SSSR count). The highest BCUT2D eigenvalue weighted by atomic mass is 35.5. The van der Waals surface area contributed by atoms with E-state index in [1.54, 1.807) is 19.2 Å². The summed E-state index contributed by atoms with van der Waals surface area (Å²) in [6, 6.07) is 3.21. The number of methoxy groups -OCH3 is 1. The first-order valence-corrected chi connectivity index (χ1v) is 6.16. The first kappa shape index (κ1) is 13.2. The molecule has 5 heteroatoms. The lowest BCUT2D eigenvalue weighted by molar-refractivity contribution is -0.138. The number of hydrogen-bond acceptors (Lipinski definition) is 3. The molecule has 1 saturated carbocycles. The minimum Gasteiger partial charge on any atom is -0.496 e. The Hall–Kier alpha value is -1.26. The van der Waals surface area contributed by atoms with E-state index >= 15 is 0 Å². The van der Waals surface area contributed by atoms with Gasteiger partial charge in [-0.25, -0.2) is 0 Å². The minimum absolute atomic E-state index is 0.0331. The molecule has 0 saturated heterocycles. The van der Waals surface area contributed by atoms with Gasteiger partial charge < -0.3 is 15.6 Å². The molecule has 98 valence electrons. The van der Waals surface area contributed by atoms with E-state index in [1.807, 2.05) is 6.92 Å². The Morgan fingerprint density at radius 1 is 1.61 bits per heavy atom. The van der Waals surface area contributed by atoms with Crippen LogP contribution in [0.15, 0.2) is 12.1 Å². The maximum atomic E-state index is 10.9. The summed E-state index contributed by atoms with van der Waals surface area (Å²) in [6.07, 6.45) is 0.616. The summed E-state index contributed by atoms with van der Waals surface area (Å²) in [7, 11) is 1.58. The molecule has 0 bridgehead atoms. The molecular formula is C13H16ClNO3. The predicted molar refractivity (Wildman–Crippen MR) is 68.9 cm³/mol. The number of ether oxygens (including phenoxy) is 1. The van der Waals surface area contributed by atoms with Gasteiger partial charge in [0.05, 0.1) is 13.0 Å². The number of carbonyl (C=O) groups is 1. The molecule has 0 radical (unpaired) electrons. The van der Waals surface area contributed by atoms with Crippen LogP contribution in [0.4, 0.5) is 0 Å². The molecule has 3 N–H and O–H groups in total. The van der Waals surface area contributed by atoms with Crippen LogP contribution >= 0.6 is 11.6 Å². The second kappa shape index (κ2) is 4.78. The van der Waals surface area contributed by atoms with Crippen LogP contribution < -0.4 is 10.5 Å². The summed E-state index contributed by atoms with van der Waals surface area (Å²) >= 11 is 6.02. The largest absolute Gasteiger partial charge is 0.496 e. The fraction of sp³-hybridized carbons (Fsp3) is 0.462. The van der Waals surface area contributed by atoms with E-state index in [0.29, 0.717) is 17.2 Å². The van der Waals surface area contributed by atoms with Crippen LogP contribution in [0, 0.1) is 18.8 Å². The maximum Gasteiger partial charge on any atom is 0.306 e. The quantitative estimate of drug-likeness (QED) is 0.880. The Labute approximate surface area is 111 Å². The van der Waals surface area contributed by atoms with Gasteiger partial charge in [0.15, 0.2) is 0 Å². The molecule has 0 spiro atoms. The molecule has 18 heavy (non-hydrogen) atoms. The molecular weight excluding hydrogens is 254 g/mol. The zero-order chi connectivity index (χ0) is 13.4. The van der Waals surface area contributed by atoms with Crippen molar-refractivity contribution in [1.29, 1.82) is 0 Å². The van der Waals surface area contributed by atoms with Crippen LogP contribution in [0.3, 0.4) is 0 Å². The van der Waals surface area contributed by atoms with E-state index in [4.69, 9.17) is 27.2 Å². The fourth-order valence-corrected chi connectivity index (χ4v) is 2.69. The predicted octanol–water partition coefficient (Wildman–Crippen LogP) is 2.38. The van der Waals surface area contributed by atoms with Gasteiger partial charge >= 0.3 is 5.97 Å². The molecule has 1 aliphatic rings. The fourth-order valence-electron chi connectivity index (χ4n) is 2.41. The molecule has 3 atom stereocenters. The second-order valence-electron chi connectivity index (χ2n) is 4.72. The zero-order valence-corrected chi connectivity index (χ0v) is 11.1. The molecule has 0 amide bonds. The van der Waals surface area contributed by atoms with Crippen molar-refractivity contribution in [2.45, 2.75) is 19.4 Å². The number of hydrogen-bond donors (Lipinski definition) is 2. The van der Waals surface area contributed by atoms with Crippen LogP contribution in [0.25, 0.3) is 0 Å². The van der Waals surface area contributed by atoms with Gasteiger partial charge in [-0.1, -0.05) is 11.6 Å². The molecule has 1 aromatic carbocycles. The van der Waals surface area contributed by atoms with E-state index in [0.717, 1.165) is 11.1 Å². The molecule has 4 nitrogen and oxygen atoms in total. The Morgan fingerprint density at radius 2 is 2.28 bits per heavy atom. The van der Waals surface area contributed by atoms with Crippen LogP contribution in [-0.2, 0) is 4.79 Å². The molecule has 0 heterocycles. The maximum absolute atomic E-state index is 10.9. The van der Waals surface area contributed by atoms with Gasteiger partial charge in [0.2, 0.25) is 0 Å². The van der Waals surface area contributed by atoms with Gasteiger partial charge in [-0.15, -0.1) is 0 Å². The number of rotatable bonds is 4. The molecule has 0 aromatic heterocycles. The number of carboxylic acid groups (broad SMARTS) is 1. The van der Waals surface area contributed by atoms with Crippen molar-refractivity contribution >= 4 is 17.6 Å². The smallest absolute Gasteiger partial charge is 0.306 e. The number of aliphatic carboxylic acids is 1. The van der Waals surface area contributed by atoms with Gasteiger partial charge in [0, 0.05) is 16.6 Å². The van der Waals surface area contributed by atoms with Gasteiger partial charge in [-0.3, -0.25) is 4.79 Å². The van der Waals surface area contributed by atoms with Gasteiger partial charge in [-0.2, -0.15) is 0 Å². The van der Waals surface area contributed by atoms with Crippen molar-refractivity contribution in [2.24, 2.45) is 17.6 Å². The summed E-state index contributed by atoms with van der Waals surface area (Å²) in [5, 5.41) is 9.53. The number of benzene rings is 1. The van der Waals surface area contributed by atoms with Gasteiger partial charge in [0.25, 0.3) is 0 Å². The number of carboxylic acids is 1. The summed E-state index contributed by atoms with van der Waals surface area (Å²) in [5.41, 5.74) is 7.83. The minimum atomic E-state index is -0.784. The van der Waals surface area contributed by atoms with Crippen molar-refractivity contribution in [3.05, 3.63) is 28.3 Å². The number of aryl methyl sites for hydroxylation is 1. The van der Waals surface area contributed by atoms with Crippen molar-refractivity contribution in [1.82, 2.24) is 0 Å². The van der Waals surface area contributed by atoms with Crippen molar-refractivity contribution < 1.29 is 14.6 Å². The Balaban J connectivity index is 2.30. The van der Waals surface area contributed by atoms with Crippen LogP contribution in [-0.4, -0.2) is 18.2 Å². The normalized spacial score (nSPS) is 23.6. The van der Waals surface area contributed by atoms with E-state index in [1.165, 1.54) is 0 Å². The average molecular weight is 270 g/mol. The molecule has 1 aliphatic carbocycles. The highest BCUT2D eigenvalue weighted by Gasteiger charge is 2.47. The molecule has 1 fully saturated rings. The standard InChI is InChI=1S/C13H16ClNO3/c1-6-3-7(14)4-10(12(6)18-2)11(15)8-5-9(8)13(16)17/h3-4,8-9,11H,5,15H2,1-2H3,(H,16,17). The lowest BCUT2D eigenvalue weighted by Gasteiger charge is -2.18. The van der Waals surface area contributed by atoms with Crippen molar-refractivity contribution in [3.63, 3.8) is 0 Å². The first-order chi connectivity index (χ1) is 8.45. The Bertz CT molecular complexity index is 489. The lowest BCUT2D eigenvalue weighted by Crippen LogP contribution is -2.17. The van der Waals surface area contributed by atoms with Crippen LogP contribution in [0.1, 0.15) is 23.6 Å². The molecule has 3 unspecified atom stereocenters. The Kier molecular flexibility index (Phi) is 3.50. The van der Waals surface area contributed by atoms with Gasteiger partial charge in [-0.05, 0) is 37.0 Å². The Morgan fingerprint density at radius 3 is 2.78 bits per heavy atom. The summed E-state index contributed by atoms with van der Waals surface area (Å²) in [5.74, 6) is -0.464. The molecule has 1 aromatic rings. The number of halogens is 1. The molecule has 0 aliphatic heterocycles. The highest BCUT2D eigenvalue weighted by molar-refractivity contribution is 6.30. The summed E-state index contributed by atoms with van der Waals surface area (Å²) in [6.45, 7) is 1.89. The third-order valence-electron chi connectivity index (χ3n) is 3.45. The summed E-state index contributed by atoms with van der Waals surface area (Å²) < 4.78 is 5.34. The zero-order valence-electron chi connectivity index (χ0n) is 10.3. The first-order valence-electron chi connectivity index (χ1n) is 5.78. The lowest BCUT2D eigenvalue weighted by atomic mass is 9.98.